The van der Waals surface area contributed by atoms with Crippen LogP contribution in [0.15, 0.2) is 24.3 Å². The molecule has 1 aliphatic heterocycles. The molecule has 1 aromatic carbocycles. The molecule has 0 fully saturated rings. The summed E-state index contributed by atoms with van der Waals surface area (Å²) in [6.45, 7) is 8.00. The number of anilines is 2. The fourth-order valence-corrected chi connectivity index (χ4v) is 3.39. The second kappa shape index (κ2) is 6.02. The third kappa shape index (κ3) is 2.81. The number of hydrogen-bond donors (Lipinski definition) is 1. The molecule has 0 saturated heterocycles. The molecule has 25 heavy (non-hydrogen) atoms. The molecule has 0 atom stereocenters. The predicted octanol–water partition coefficient (Wildman–Crippen LogP) is 2.69. The van der Waals surface area contributed by atoms with Crippen molar-refractivity contribution in [1.82, 2.24) is 9.78 Å². The fraction of sp³-hybridized carbons (Fsp3) is 0.421. The van der Waals surface area contributed by atoms with Crippen LogP contribution in [-0.2, 0) is 22.1 Å². The number of hydrogen-bond acceptors (Lipinski definition) is 3. The van der Waals surface area contributed by atoms with Crippen LogP contribution in [0.2, 0.25) is 0 Å². The van der Waals surface area contributed by atoms with E-state index in [1.165, 1.54) is 0 Å². The predicted molar refractivity (Wildman–Crippen MR) is 97.7 cm³/mol. The zero-order valence-corrected chi connectivity index (χ0v) is 15.4. The van der Waals surface area contributed by atoms with Crippen molar-refractivity contribution in [1.29, 1.82) is 0 Å². The molecule has 1 aromatic heterocycles. The van der Waals surface area contributed by atoms with E-state index in [1.54, 1.807) is 9.58 Å². The Bertz CT molecular complexity index is 851. The van der Waals surface area contributed by atoms with Crippen LogP contribution < -0.4 is 10.2 Å². The number of benzene rings is 1. The lowest BCUT2D eigenvalue weighted by molar-refractivity contribution is -0.122. The maximum Gasteiger partial charge on any atom is 0.237 e. The average Bonchev–Trinajstić information content (AvgIpc) is 2.92. The van der Waals surface area contributed by atoms with Crippen molar-refractivity contribution in [2.75, 3.05) is 16.8 Å². The highest BCUT2D eigenvalue weighted by atomic mass is 16.2. The number of para-hydroxylation sites is 1. The van der Waals surface area contributed by atoms with Crippen LogP contribution in [-0.4, -0.2) is 28.1 Å². The van der Waals surface area contributed by atoms with E-state index < -0.39 is 5.41 Å². The van der Waals surface area contributed by atoms with E-state index in [4.69, 9.17) is 0 Å². The molecule has 2 aromatic rings. The lowest BCUT2D eigenvalue weighted by Crippen LogP contribution is -2.37. The van der Waals surface area contributed by atoms with Gasteiger partial charge in [-0.1, -0.05) is 18.2 Å². The maximum absolute atomic E-state index is 12.7. The van der Waals surface area contributed by atoms with Gasteiger partial charge in [0, 0.05) is 25.7 Å². The van der Waals surface area contributed by atoms with Crippen molar-refractivity contribution in [3.8, 4) is 0 Å². The highest BCUT2D eigenvalue weighted by molar-refractivity contribution is 6.08. The van der Waals surface area contributed by atoms with Gasteiger partial charge < -0.3 is 10.2 Å². The lowest BCUT2D eigenvalue weighted by atomic mass is 9.86. The molecular formula is C19H24N4O2. The third-order valence-electron chi connectivity index (χ3n) is 4.98. The number of nitrogens with one attached hydrogen (secondary N) is 1. The van der Waals surface area contributed by atoms with Gasteiger partial charge in [-0.2, -0.15) is 5.10 Å². The highest BCUT2D eigenvalue weighted by Gasteiger charge is 2.43. The van der Waals surface area contributed by atoms with Crippen molar-refractivity contribution in [3.05, 3.63) is 41.2 Å². The van der Waals surface area contributed by atoms with Crippen molar-refractivity contribution >= 4 is 23.2 Å². The number of rotatable bonds is 4. The number of carbonyl (C=O) groups excluding carboxylic acids is 2. The minimum Gasteiger partial charge on any atom is -0.323 e. The summed E-state index contributed by atoms with van der Waals surface area (Å²) in [5, 5.41) is 7.22. The summed E-state index contributed by atoms with van der Waals surface area (Å²) in [5.41, 5.74) is 3.81. The van der Waals surface area contributed by atoms with Crippen LogP contribution in [0.25, 0.3) is 0 Å². The molecule has 2 heterocycles. The van der Waals surface area contributed by atoms with E-state index in [0.29, 0.717) is 6.54 Å². The summed E-state index contributed by atoms with van der Waals surface area (Å²) in [6, 6.07) is 7.78. The molecule has 132 valence electrons. The van der Waals surface area contributed by atoms with E-state index in [9.17, 15) is 9.59 Å². The second-order valence-electron chi connectivity index (χ2n) is 7.07. The van der Waals surface area contributed by atoms with Crippen molar-refractivity contribution in [3.63, 3.8) is 0 Å². The summed E-state index contributed by atoms with van der Waals surface area (Å²) in [5.74, 6) is -0.0792. The minimum atomic E-state index is -0.552. The van der Waals surface area contributed by atoms with Crippen LogP contribution in [0.5, 0.6) is 0 Å². The zero-order valence-electron chi connectivity index (χ0n) is 15.4. The number of fused-ring (bicyclic) bond motifs is 1. The summed E-state index contributed by atoms with van der Waals surface area (Å²) < 4.78 is 1.74. The molecule has 0 bridgehead atoms. The second-order valence-corrected chi connectivity index (χ2v) is 7.07. The molecule has 0 spiro atoms. The molecule has 1 N–H and O–H groups in total. The SMILES string of the molecule is Cc1nn(C)c(C)c1NC(=O)CCN1C(=O)C(C)(C)c2ccccc21. The lowest BCUT2D eigenvalue weighted by Gasteiger charge is -2.20. The van der Waals surface area contributed by atoms with Gasteiger partial charge in [-0.3, -0.25) is 14.3 Å². The monoisotopic (exact) mass is 340 g/mol. The van der Waals surface area contributed by atoms with Crippen molar-refractivity contribution < 1.29 is 9.59 Å². The Labute approximate surface area is 147 Å². The standard InChI is InChI=1S/C19H24N4O2/c1-12-17(13(2)22(5)21-12)20-16(24)10-11-23-15-9-7-6-8-14(15)19(3,4)18(23)25/h6-9H,10-11H2,1-5H3,(H,20,24). The molecule has 2 amide bonds. The Morgan fingerprint density at radius 3 is 2.56 bits per heavy atom. The molecular weight excluding hydrogens is 316 g/mol. The van der Waals surface area contributed by atoms with Gasteiger partial charge in [0.1, 0.15) is 0 Å². The Morgan fingerprint density at radius 2 is 1.92 bits per heavy atom. The molecule has 6 nitrogen and oxygen atoms in total. The smallest absolute Gasteiger partial charge is 0.237 e. The first-order valence-electron chi connectivity index (χ1n) is 8.45. The summed E-state index contributed by atoms with van der Waals surface area (Å²) >= 11 is 0. The Hall–Kier alpha value is -2.63. The first kappa shape index (κ1) is 17.2. The summed E-state index contributed by atoms with van der Waals surface area (Å²) in [4.78, 5) is 26.8. The highest BCUT2D eigenvalue weighted by Crippen LogP contribution is 2.41. The van der Waals surface area contributed by atoms with Crippen LogP contribution in [0.4, 0.5) is 11.4 Å². The zero-order chi connectivity index (χ0) is 18.4. The number of aryl methyl sites for hydroxylation is 2. The summed E-state index contributed by atoms with van der Waals surface area (Å²) in [7, 11) is 1.85. The van der Waals surface area contributed by atoms with E-state index in [1.807, 2.05) is 59.0 Å². The molecule has 6 heteroatoms. The normalized spacial score (nSPS) is 15.4. The quantitative estimate of drug-likeness (QED) is 0.930. The first-order chi connectivity index (χ1) is 11.7. The van der Waals surface area contributed by atoms with Gasteiger partial charge in [0.05, 0.1) is 22.5 Å². The largest absolute Gasteiger partial charge is 0.323 e. The average molecular weight is 340 g/mol. The minimum absolute atomic E-state index is 0.0373. The van der Waals surface area contributed by atoms with Crippen molar-refractivity contribution in [2.45, 2.75) is 39.5 Å². The van der Waals surface area contributed by atoms with Crippen LogP contribution in [0.1, 0.15) is 37.2 Å². The van der Waals surface area contributed by atoms with E-state index in [2.05, 4.69) is 10.4 Å². The van der Waals surface area contributed by atoms with E-state index >= 15 is 0 Å². The van der Waals surface area contributed by atoms with E-state index in [-0.39, 0.29) is 18.2 Å². The third-order valence-corrected chi connectivity index (χ3v) is 4.98. The first-order valence-corrected chi connectivity index (χ1v) is 8.45. The number of amides is 2. The van der Waals surface area contributed by atoms with Crippen LogP contribution in [0.3, 0.4) is 0 Å². The van der Waals surface area contributed by atoms with Gasteiger partial charge in [0.25, 0.3) is 0 Å². The fourth-order valence-electron chi connectivity index (χ4n) is 3.39. The topological polar surface area (TPSA) is 67.2 Å². The molecule has 0 unspecified atom stereocenters. The van der Waals surface area contributed by atoms with Gasteiger partial charge in [-0.05, 0) is 39.3 Å². The summed E-state index contributed by atoms with van der Waals surface area (Å²) in [6.07, 6.45) is 0.240. The number of carbonyl (C=O) groups is 2. The molecule has 0 radical (unpaired) electrons. The molecule has 1 aliphatic rings. The van der Waals surface area contributed by atoms with Gasteiger partial charge in [-0.15, -0.1) is 0 Å². The van der Waals surface area contributed by atoms with Gasteiger partial charge in [0.2, 0.25) is 11.8 Å². The van der Waals surface area contributed by atoms with Gasteiger partial charge in [-0.25, -0.2) is 0 Å². The number of aromatic nitrogens is 2. The Morgan fingerprint density at radius 1 is 1.24 bits per heavy atom. The number of nitrogens with zero attached hydrogens (tertiary/aromatic N) is 3. The van der Waals surface area contributed by atoms with Gasteiger partial charge >= 0.3 is 0 Å². The molecule has 0 aliphatic carbocycles. The van der Waals surface area contributed by atoms with E-state index in [0.717, 1.165) is 28.3 Å². The Balaban J connectivity index is 1.72. The van der Waals surface area contributed by atoms with Crippen LogP contribution >= 0.6 is 0 Å². The molecule has 3 rings (SSSR count). The van der Waals surface area contributed by atoms with Gasteiger partial charge in [0.15, 0.2) is 0 Å². The van der Waals surface area contributed by atoms with Crippen molar-refractivity contribution in [2.24, 2.45) is 7.05 Å². The molecule has 0 saturated carbocycles. The Kier molecular flexibility index (Phi) is 4.14. The maximum atomic E-state index is 12.7. The van der Waals surface area contributed by atoms with Crippen LogP contribution in [0, 0.1) is 13.8 Å².